The predicted octanol–water partition coefficient (Wildman–Crippen LogP) is 5.71. The van der Waals surface area contributed by atoms with Crippen molar-refractivity contribution in [2.75, 3.05) is 0 Å². The molecule has 6 nitrogen and oxygen atoms in total. The molecule has 1 aromatic heterocycles. The Kier molecular flexibility index (Phi) is 5.70. The monoisotopic (exact) mass is 399 g/mol. The second-order valence-electron chi connectivity index (χ2n) is 6.65. The van der Waals surface area contributed by atoms with Gasteiger partial charge in [0.1, 0.15) is 5.75 Å². The zero-order valence-electron chi connectivity index (χ0n) is 16.2. The van der Waals surface area contributed by atoms with Crippen LogP contribution in [0.4, 0.5) is 5.69 Å². The Bertz CT molecular complexity index is 1070. The van der Waals surface area contributed by atoms with Crippen LogP contribution in [0.3, 0.4) is 0 Å². The van der Waals surface area contributed by atoms with Crippen molar-refractivity contribution in [1.82, 2.24) is 4.57 Å². The van der Waals surface area contributed by atoms with Gasteiger partial charge in [0, 0.05) is 17.0 Å². The molecule has 1 heterocycles. The van der Waals surface area contributed by atoms with E-state index in [0.29, 0.717) is 17.3 Å². The first-order chi connectivity index (χ1) is 13.3. The van der Waals surface area contributed by atoms with E-state index in [4.69, 9.17) is 16.3 Å². The van der Waals surface area contributed by atoms with Crippen molar-refractivity contribution in [3.05, 3.63) is 52.5 Å². The van der Waals surface area contributed by atoms with Gasteiger partial charge < -0.3 is 14.4 Å². The van der Waals surface area contributed by atoms with Crippen LogP contribution in [0.15, 0.2) is 46.6 Å². The zero-order chi connectivity index (χ0) is 20.4. The lowest BCUT2D eigenvalue weighted by Gasteiger charge is -2.13. The Morgan fingerprint density at radius 2 is 2.00 bits per heavy atom. The van der Waals surface area contributed by atoms with Crippen molar-refractivity contribution < 1.29 is 14.6 Å². The second kappa shape index (κ2) is 8.02. The smallest absolute Gasteiger partial charge is 0.304 e. The third-order valence-corrected chi connectivity index (χ3v) is 4.75. The molecule has 1 atom stereocenters. The molecule has 2 aromatic carbocycles. The second-order valence-corrected chi connectivity index (χ2v) is 7.08. The highest BCUT2D eigenvalue weighted by molar-refractivity contribution is 6.30. The Hall–Kier alpha value is -2.86. The number of azo groups is 1. The van der Waals surface area contributed by atoms with E-state index in [1.807, 2.05) is 39.0 Å². The minimum absolute atomic E-state index is 0.0123. The van der Waals surface area contributed by atoms with Crippen LogP contribution >= 0.6 is 11.6 Å². The molecular formula is C21H22ClN3O3. The number of hydrogen-bond acceptors (Lipinski definition) is 4. The molecule has 0 bridgehead atoms. The summed E-state index contributed by atoms with van der Waals surface area (Å²) in [6, 6.07) is 11.0. The third kappa shape index (κ3) is 3.87. The van der Waals surface area contributed by atoms with Crippen LogP contribution in [-0.4, -0.2) is 21.7 Å². The quantitative estimate of drug-likeness (QED) is 0.558. The molecule has 0 fully saturated rings. The first-order valence-corrected chi connectivity index (χ1v) is 9.39. The number of nitrogens with zero attached hydrogens (tertiary/aromatic N) is 3. The Balaban J connectivity index is 1.86. The van der Waals surface area contributed by atoms with Crippen LogP contribution in [0.5, 0.6) is 11.6 Å². The van der Waals surface area contributed by atoms with Gasteiger partial charge in [-0.15, -0.1) is 10.2 Å². The normalized spacial score (nSPS) is 12.6. The van der Waals surface area contributed by atoms with Gasteiger partial charge >= 0.3 is 5.91 Å². The maximum absolute atomic E-state index is 12.4. The Morgan fingerprint density at radius 1 is 1.25 bits per heavy atom. The first-order valence-electron chi connectivity index (χ1n) is 9.02. The average Bonchev–Trinajstić information content (AvgIpc) is 2.91. The zero-order valence-corrected chi connectivity index (χ0v) is 17.0. The van der Waals surface area contributed by atoms with E-state index in [9.17, 15) is 9.90 Å². The molecule has 7 heteroatoms. The van der Waals surface area contributed by atoms with Crippen LogP contribution in [0.25, 0.3) is 10.9 Å². The minimum atomic E-state index is -0.827. The molecule has 3 aromatic rings. The number of halogens is 1. The first kappa shape index (κ1) is 19.9. The summed E-state index contributed by atoms with van der Waals surface area (Å²) in [5.41, 5.74) is 2.97. The molecule has 1 unspecified atom stereocenters. The van der Waals surface area contributed by atoms with Crippen LogP contribution < -0.4 is 4.74 Å². The molecule has 28 heavy (non-hydrogen) atoms. The Morgan fingerprint density at radius 3 is 2.68 bits per heavy atom. The summed E-state index contributed by atoms with van der Waals surface area (Å²) in [6.45, 7) is 7.91. The molecule has 0 aliphatic carbocycles. The van der Waals surface area contributed by atoms with Crippen molar-refractivity contribution in [3.8, 4) is 11.6 Å². The number of aromatic hydroxyl groups is 1. The fraction of sp³-hybridized carbons (Fsp3) is 0.286. The molecule has 1 amide bonds. The van der Waals surface area contributed by atoms with E-state index in [2.05, 4.69) is 10.2 Å². The molecule has 146 valence electrons. The van der Waals surface area contributed by atoms with Crippen molar-refractivity contribution in [3.63, 3.8) is 0 Å². The van der Waals surface area contributed by atoms with Gasteiger partial charge in [-0.25, -0.2) is 0 Å². The molecule has 0 aliphatic rings. The topological polar surface area (TPSA) is 76.2 Å². The molecule has 0 saturated carbocycles. The predicted molar refractivity (Wildman–Crippen MR) is 110 cm³/mol. The lowest BCUT2D eigenvalue weighted by molar-refractivity contribution is -0.124. The molecule has 0 aliphatic heterocycles. The van der Waals surface area contributed by atoms with Gasteiger partial charge in [-0.3, -0.25) is 4.79 Å². The van der Waals surface area contributed by atoms with Gasteiger partial charge in [-0.1, -0.05) is 23.2 Å². The number of hydrogen-bond donors (Lipinski definition) is 1. The van der Waals surface area contributed by atoms with E-state index in [0.717, 1.165) is 22.0 Å². The summed E-state index contributed by atoms with van der Waals surface area (Å²) in [5, 5.41) is 19.7. The molecule has 1 N–H and O–H groups in total. The largest absolute Gasteiger partial charge is 0.493 e. The number of ether oxygens (including phenoxy) is 1. The highest BCUT2D eigenvalue weighted by Crippen LogP contribution is 2.39. The molecule has 0 saturated heterocycles. The molecule has 0 spiro atoms. The standard InChI is InChI=1S/C21H22ClN3O3/c1-5-25-17-8-6-12(2)10-16(17)19(21(25)27)23-24-20(26)14(4)28-18-9-7-15(22)11-13(18)3/h6-11,14,27H,5H2,1-4H3. The summed E-state index contributed by atoms with van der Waals surface area (Å²) < 4.78 is 7.41. The summed E-state index contributed by atoms with van der Waals surface area (Å²) in [6.07, 6.45) is -0.827. The maximum atomic E-state index is 12.4. The van der Waals surface area contributed by atoms with Crippen LogP contribution in [-0.2, 0) is 11.3 Å². The molecule has 3 rings (SSSR count). The SMILES string of the molecule is CCn1c(O)c(N=NC(=O)C(C)Oc2ccc(Cl)cc2C)c2cc(C)ccc21. The van der Waals surface area contributed by atoms with Crippen molar-refractivity contribution in [1.29, 1.82) is 0 Å². The molecule has 0 radical (unpaired) electrons. The van der Waals surface area contributed by atoms with Crippen molar-refractivity contribution >= 4 is 34.1 Å². The summed E-state index contributed by atoms with van der Waals surface area (Å²) in [4.78, 5) is 12.4. The van der Waals surface area contributed by atoms with Gasteiger partial charge in [0.25, 0.3) is 0 Å². The average molecular weight is 400 g/mol. The lowest BCUT2D eigenvalue weighted by atomic mass is 10.1. The number of rotatable bonds is 5. The van der Waals surface area contributed by atoms with Gasteiger partial charge in [0.05, 0.1) is 5.52 Å². The highest BCUT2D eigenvalue weighted by Gasteiger charge is 2.19. The maximum Gasteiger partial charge on any atom is 0.304 e. The Labute approximate surface area is 168 Å². The van der Waals surface area contributed by atoms with Gasteiger partial charge in [-0.05, 0) is 63.6 Å². The van der Waals surface area contributed by atoms with E-state index < -0.39 is 12.0 Å². The number of aryl methyl sites for hydroxylation is 3. The van der Waals surface area contributed by atoms with Gasteiger partial charge in [0.2, 0.25) is 5.88 Å². The molecular weight excluding hydrogens is 378 g/mol. The fourth-order valence-corrected chi connectivity index (χ4v) is 3.25. The number of aromatic nitrogens is 1. The van der Waals surface area contributed by atoms with E-state index in [-0.39, 0.29) is 11.6 Å². The van der Waals surface area contributed by atoms with Crippen LogP contribution in [0, 0.1) is 13.8 Å². The van der Waals surface area contributed by atoms with E-state index in [1.54, 1.807) is 29.7 Å². The number of carbonyl (C=O) groups excluding carboxylic acids is 1. The number of fused-ring (bicyclic) bond motifs is 1. The van der Waals surface area contributed by atoms with Crippen molar-refractivity contribution in [2.24, 2.45) is 10.2 Å². The third-order valence-electron chi connectivity index (χ3n) is 4.52. The van der Waals surface area contributed by atoms with Gasteiger partial charge in [0.15, 0.2) is 11.8 Å². The van der Waals surface area contributed by atoms with Gasteiger partial charge in [-0.2, -0.15) is 0 Å². The summed E-state index contributed by atoms with van der Waals surface area (Å²) in [7, 11) is 0. The van der Waals surface area contributed by atoms with Crippen molar-refractivity contribution in [2.45, 2.75) is 40.3 Å². The minimum Gasteiger partial charge on any atom is -0.493 e. The number of benzene rings is 2. The van der Waals surface area contributed by atoms with Crippen LogP contribution in [0.1, 0.15) is 25.0 Å². The van der Waals surface area contributed by atoms with Crippen LogP contribution in [0.2, 0.25) is 5.02 Å². The number of amides is 1. The summed E-state index contributed by atoms with van der Waals surface area (Å²) in [5.74, 6) is 0.00192. The number of carbonyl (C=O) groups is 1. The fourth-order valence-electron chi connectivity index (χ4n) is 3.02. The van der Waals surface area contributed by atoms with E-state index >= 15 is 0 Å². The lowest BCUT2D eigenvalue weighted by Crippen LogP contribution is -2.21. The highest BCUT2D eigenvalue weighted by atomic mass is 35.5. The summed E-state index contributed by atoms with van der Waals surface area (Å²) >= 11 is 5.94. The van der Waals surface area contributed by atoms with E-state index in [1.165, 1.54) is 0 Å².